The van der Waals surface area contributed by atoms with Gasteiger partial charge >= 0.3 is 5.97 Å². The van der Waals surface area contributed by atoms with Gasteiger partial charge in [-0.15, -0.1) is 17.8 Å². The van der Waals surface area contributed by atoms with Gasteiger partial charge in [-0.1, -0.05) is 60.5 Å². The molecule has 30 heavy (non-hydrogen) atoms. The molecule has 6 heteroatoms. The van der Waals surface area contributed by atoms with Gasteiger partial charge in [0.05, 0.1) is 5.69 Å². The van der Waals surface area contributed by atoms with E-state index in [0.717, 1.165) is 18.4 Å². The summed E-state index contributed by atoms with van der Waals surface area (Å²) >= 11 is 1.32. The summed E-state index contributed by atoms with van der Waals surface area (Å²) in [4.78, 5) is 28.8. The van der Waals surface area contributed by atoms with E-state index >= 15 is 0 Å². The minimum absolute atomic E-state index is 0.126. The Morgan fingerprint density at radius 1 is 1.17 bits per heavy atom. The topological polar surface area (TPSA) is 79.3 Å². The summed E-state index contributed by atoms with van der Waals surface area (Å²) in [5, 5.41) is 12.8. The molecular weight excluding hydrogens is 396 g/mol. The van der Waals surface area contributed by atoms with Gasteiger partial charge in [-0.3, -0.25) is 9.59 Å². The minimum Gasteiger partial charge on any atom is -0.480 e. The first-order chi connectivity index (χ1) is 14.5. The molecule has 0 spiro atoms. The Balaban J connectivity index is 1.62. The molecule has 0 saturated heterocycles. The molecule has 1 amide bonds. The first-order valence-corrected chi connectivity index (χ1v) is 10.4. The van der Waals surface area contributed by atoms with Gasteiger partial charge in [0.15, 0.2) is 0 Å². The molecule has 0 bridgehead atoms. The molecule has 0 aliphatic carbocycles. The third kappa shape index (κ3) is 5.13. The van der Waals surface area contributed by atoms with Crippen LogP contribution in [0.2, 0.25) is 0 Å². The summed E-state index contributed by atoms with van der Waals surface area (Å²) < 4.78 is 0. The molecule has 0 radical (unpaired) electrons. The highest BCUT2D eigenvalue weighted by Gasteiger charge is 2.18. The lowest BCUT2D eigenvalue weighted by molar-refractivity contribution is -0.137. The number of amides is 1. The van der Waals surface area contributed by atoms with E-state index in [0.29, 0.717) is 27.7 Å². The van der Waals surface area contributed by atoms with Gasteiger partial charge in [0.1, 0.15) is 15.8 Å². The Kier molecular flexibility index (Phi) is 6.99. The highest BCUT2D eigenvalue weighted by atomic mass is 32.1. The van der Waals surface area contributed by atoms with Crippen molar-refractivity contribution in [2.45, 2.75) is 25.7 Å². The van der Waals surface area contributed by atoms with E-state index in [2.05, 4.69) is 28.4 Å². The third-order valence-electron chi connectivity index (χ3n) is 4.68. The number of nitrogens with zero attached hydrogens (tertiary/aromatic N) is 1. The summed E-state index contributed by atoms with van der Waals surface area (Å²) in [6, 6.07) is 17.1. The molecule has 0 saturated carbocycles. The fraction of sp³-hybridized carbons (Fsp3) is 0.208. The molecule has 2 N–H and O–H groups in total. The van der Waals surface area contributed by atoms with Crippen LogP contribution in [0.4, 0.5) is 0 Å². The average molecular weight is 419 g/mol. The molecule has 3 aromatic rings. The van der Waals surface area contributed by atoms with Crippen molar-refractivity contribution >= 4 is 23.2 Å². The van der Waals surface area contributed by atoms with Crippen LogP contribution in [0.3, 0.4) is 0 Å². The second kappa shape index (κ2) is 9.86. The Bertz CT molecular complexity index is 1070. The molecule has 0 aliphatic heterocycles. The number of hydrogen-bond donors (Lipinski definition) is 2. The SMILES string of the molecule is C#CC(C(=O)O)c1ccc(-c2nc(C)c(C(=O)NCCCc3ccccc3)s2)cc1. The maximum absolute atomic E-state index is 12.6. The molecule has 5 nitrogen and oxygen atoms in total. The van der Waals surface area contributed by atoms with E-state index < -0.39 is 11.9 Å². The van der Waals surface area contributed by atoms with Crippen molar-refractivity contribution in [1.82, 2.24) is 10.3 Å². The average Bonchev–Trinajstić information content (AvgIpc) is 3.14. The number of terminal acetylenes is 1. The van der Waals surface area contributed by atoms with E-state index in [1.165, 1.54) is 16.9 Å². The van der Waals surface area contributed by atoms with Crippen LogP contribution in [0.25, 0.3) is 10.6 Å². The maximum atomic E-state index is 12.6. The fourth-order valence-corrected chi connectivity index (χ4v) is 4.07. The van der Waals surface area contributed by atoms with Crippen LogP contribution < -0.4 is 5.32 Å². The van der Waals surface area contributed by atoms with Crippen LogP contribution in [0, 0.1) is 19.3 Å². The third-order valence-corrected chi connectivity index (χ3v) is 5.88. The lowest BCUT2D eigenvalue weighted by Gasteiger charge is -2.06. The Morgan fingerprint density at radius 3 is 2.50 bits per heavy atom. The number of carboxylic acid groups (broad SMARTS) is 1. The number of aliphatic carboxylic acids is 1. The molecular formula is C24H22N2O3S. The number of benzene rings is 2. The fourth-order valence-electron chi connectivity index (χ4n) is 3.08. The van der Waals surface area contributed by atoms with E-state index in [-0.39, 0.29) is 5.91 Å². The van der Waals surface area contributed by atoms with Crippen molar-refractivity contribution in [3.63, 3.8) is 0 Å². The van der Waals surface area contributed by atoms with Crippen LogP contribution in [0.5, 0.6) is 0 Å². The second-order valence-electron chi connectivity index (χ2n) is 6.84. The van der Waals surface area contributed by atoms with E-state index in [9.17, 15) is 14.7 Å². The highest BCUT2D eigenvalue weighted by molar-refractivity contribution is 7.17. The number of rotatable bonds is 8. The molecule has 2 aromatic carbocycles. The smallest absolute Gasteiger partial charge is 0.323 e. The monoisotopic (exact) mass is 418 g/mol. The summed E-state index contributed by atoms with van der Waals surface area (Å²) in [7, 11) is 0. The number of carboxylic acids is 1. The van der Waals surface area contributed by atoms with Gasteiger partial charge in [0.2, 0.25) is 0 Å². The van der Waals surface area contributed by atoms with Crippen LogP contribution in [0.15, 0.2) is 54.6 Å². The molecule has 3 rings (SSSR count). The lowest BCUT2D eigenvalue weighted by Crippen LogP contribution is -2.24. The van der Waals surface area contributed by atoms with Gasteiger partial charge in [0, 0.05) is 12.1 Å². The minimum atomic E-state index is -1.05. The lowest BCUT2D eigenvalue weighted by atomic mass is 9.99. The maximum Gasteiger partial charge on any atom is 0.323 e. The zero-order valence-corrected chi connectivity index (χ0v) is 17.4. The first-order valence-electron chi connectivity index (χ1n) is 9.58. The number of aromatic nitrogens is 1. The number of carbonyl (C=O) groups is 2. The summed E-state index contributed by atoms with van der Waals surface area (Å²) in [5.41, 5.74) is 3.28. The summed E-state index contributed by atoms with van der Waals surface area (Å²) in [6.45, 7) is 2.41. The summed E-state index contributed by atoms with van der Waals surface area (Å²) in [6.07, 6.45) is 7.08. The number of carbonyl (C=O) groups excluding carboxylic acids is 1. The number of nitrogens with one attached hydrogen (secondary N) is 1. The second-order valence-corrected chi connectivity index (χ2v) is 7.84. The number of hydrogen-bond acceptors (Lipinski definition) is 4. The predicted octanol–water partition coefficient (Wildman–Crippen LogP) is 4.28. The van der Waals surface area contributed by atoms with Gasteiger partial charge in [-0.2, -0.15) is 0 Å². The molecule has 1 aromatic heterocycles. The van der Waals surface area contributed by atoms with Gasteiger partial charge in [-0.05, 0) is 30.9 Å². The zero-order chi connectivity index (χ0) is 21.5. The van der Waals surface area contributed by atoms with E-state index in [1.807, 2.05) is 25.1 Å². The molecule has 1 atom stereocenters. The molecule has 152 valence electrons. The van der Waals surface area contributed by atoms with Crippen molar-refractivity contribution < 1.29 is 14.7 Å². The highest BCUT2D eigenvalue weighted by Crippen LogP contribution is 2.29. The Hall–Kier alpha value is -3.43. The van der Waals surface area contributed by atoms with Crippen molar-refractivity contribution in [1.29, 1.82) is 0 Å². The van der Waals surface area contributed by atoms with Crippen LogP contribution in [0.1, 0.15) is 38.8 Å². The largest absolute Gasteiger partial charge is 0.480 e. The van der Waals surface area contributed by atoms with Gasteiger partial charge < -0.3 is 10.4 Å². The van der Waals surface area contributed by atoms with Gasteiger partial charge in [-0.25, -0.2) is 4.98 Å². The summed E-state index contributed by atoms with van der Waals surface area (Å²) in [5.74, 6) is 0.117. The van der Waals surface area contributed by atoms with Crippen molar-refractivity contribution in [2.75, 3.05) is 6.54 Å². The Morgan fingerprint density at radius 2 is 1.87 bits per heavy atom. The van der Waals surface area contributed by atoms with E-state index in [1.54, 1.807) is 24.3 Å². The number of thiazole rings is 1. The molecule has 0 fully saturated rings. The first kappa shape index (κ1) is 21.3. The van der Waals surface area contributed by atoms with Gasteiger partial charge in [0.25, 0.3) is 5.91 Å². The van der Waals surface area contributed by atoms with Crippen LogP contribution in [-0.4, -0.2) is 28.5 Å². The predicted molar refractivity (Wildman–Crippen MR) is 119 cm³/mol. The van der Waals surface area contributed by atoms with Crippen molar-refractivity contribution in [2.24, 2.45) is 0 Å². The molecule has 1 heterocycles. The van der Waals surface area contributed by atoms with E-state index in [4.69, 9.17) is 6.42 Å². The normalized spacial score (nSPS) is 11.5. The molecule has 1 unspecified atom stereocenters. The zero-order valence-electron chi connectivity index (χ0n) is 16.6. The Labute approximate surface area is 179 Å². The quantitative estimate of drug-likeness (QED) is 0.423. The van der Waals surface area contributed by atoms with Crippen LogP contribution in [-0.2, 0) is 11.2 Å². The number of aryl methyl sites for hydroxylation is 2. The van der Waals surface area contributed by atoms with Crippen molar-refractivity contribution in [3.8, 4) is 22.9 Å². The van der Waals surface area contributed by atoms with Crippen molar-refractivity contribution in [3.05, 3.63) is 76.3 Å². The standard InChI is InChI=1S/C24H22N2O3S/c1-3-20(24(28)29)18-11-13-19(14-12-18)23-26-16(2)21(30-23)22(27)25-15-7-10-17-8-5-4-6-9-17/h1,4-6,8-9,11-14,20H,7,10,15H2,2H3,(H,25,27)(H,28,29). The van der Waals surface area contributed by atoms with Crippen LogP contribution >= 0.6 is 11.3 Å². The molecule has 0 aliphatic rings.